The topological polar surface area (TPSA) is 52.6 Å². The molecule has 0 saturated heterocycles. The average molecular weight is 297 g/mol. The molecule has 0 aliphatic heterocycles. The number of hydrogen-bond donors (Lipinski definition) is 2. The van der Waals surface area contributed by atoms with E-state index in [0.29, 0.717) is 17.5 Å². The van der Waals surface area contributed by atoms with Crippen LogP contribution in [0.2, 0.25) is 5.02 Å². The maximum absolute atomic E-state index is 12.0. The maximum atomic E-state index is 12.0. The quantitative estimate of drug-likeness (QED) is 0.847. The largest absolute Gasteiger partial charge is 0.392 e. The summed E-state index contributed by atoms with van der Waals surface area (Å²) in [5.41, 5.74) is 1.71. The second kappa shape index (κ2) is 6.57. The van der Waals surface area contributed by atoms with Crippen LogP contribution in [0.1, 0.15) is 18.4 Å². The van der Waals surface area contributed by atoms with Crippen molar-refractivity contribution in [3.8, 4) is 0 Å². The molecule has 4 nitrogen and oxygen atoms in total. The van der Waals surface area contributed by atoms with E-state index >= 15 is 0 Å². The van der Waals surface area contributed by atoms with Crippen LogP contribution in [0.4, 0.5) is 5.69 Å². The summed E-state index contributed by atoms with van der Waals surface area (Å²) in [6, 6.07) is 5.37. The van der Waals surface area contributed by atoms with E-state index in [1.165, 1.54) is 0 Å². The molecular weight excluding hydrogens is 276 g/mol. The van der Waals surface area contributed by atoms with E-state index in [4.69, 9.17) is 11.6 Å². The summed E-state index contributed by atoms with van der Waals surface area (Å²) in [4.78, 5) is 13.8. The number of benzene rings is 1. The van der Waals surface area contributed by atoms with Crippen LogP contribution >= 0.6 is 11.6 Å². The third-order valence-electron chi connectivity index (χ3n) is 3.54. The van der Waals surface area contributed by atoms with Crippen LogP contribution in [0, 0.1) is 12.8 Å². The van der Waals surface area contributed by atoms with Gasteiger partial charge in [-0.1, -0.05) is 11.6 Å². The highest BCUT2D eigenvalue weighted by atomic mass is 35.5. The van der Waals surface area contributed by atoms with Crippen molar-refractivity contribution in [2.75, 3.05) is 25.5 Å². The first-order chi connectivity index (χ1) is 9.45. The summed E-state index contributed by atoms with van der Waals surface area (Å²) in [6.07, 6.45) is 1.89. The standard InChI is InChI=1S/C15H21ClN2O2/c1-10-7-12(16)5-6-13(10)17-15(20)9-18(2)8-14(19)11-3-4-11/h5-7,11,14,19H,3-4,8-9H2,1-2H3,(H,17,20). The Bertz CT molecular complexity index is 489. The number of rotatable bonds is 6. The number of carbonyl (C=O) groups is 1. The van der Waals surface area contributed by atoms with Crippen molar-refractivity contribution in [2.24, 2.45) is 5.92 Å². The lowest BCUT2D eigenvalue weighted by Crippen LogP contribution is -2.36. The van der Waals surface area contributed by atoms with Crippen molar-refractivity contribution in [1.29, 1.82) is 0 Å². The Morgan fingerprint density at radius 2 is 2.25 bits per heavy atom. The number of nitrogens with one attached hydrogen (secondary N) is 1. The molecule has 2 rings (SSSR count). The van der Waals surface area contributed by atoms with Crippen LogP contribution in [0.3, 0.4) is 0 Å². The van der Waals surface area contributed by atoms with Gasteiger partial charge < -0.3 is 10.4 Å². The van der Waals surface area contributed by atoms with Gasteiger partial charge in [-0.05, 0) is 56.5 Å². The third-order valence-corrected chi connectivity index (χ3v) is 3.78. The van der Waals surface area contributed by atoms with E-state index in [2.05, 4.69) is 5.32 Å². The molecule has 20 heavy (non-hydrogen) atoms. The Kier molecular flexibility index (Phi) is 5.02. The third kappa shape index (κ3) is 4.47. The minimum Gasteiger partial charge on any atom is -0.392 e. The average Bonchev–Trinajstić information content (AvgIpc) is 3.16. The van der Waals surface area contributed by atoms with Crippen molar-refractivity contribution in [1.82, 2.24) is 4.90 Å². The zero-order valence-electron chi connectivity index (χ0n) is 11.9. The van der Waals surface area contributed by atoms with E-state index in [1.807, 2.05) is 24.9 Å². The number of halogens is 1. The van der Waals surface area contributed by atoms with Gasteiger partial charge in [0.05, 0.1) is 12.6 Å². The van der Waals surface area contributed by atoms with Gasteiger partial charge in [-0.2, -0.15) is 0 Å². The van der Waals surface area contributed by atoms with Gasteiger partial charge in [-0.3, -0.25) is 9.69 Å². The van der Waals surface area contributed by atoms with Crippen LogP contribution in [0.5, 0.6) is 0 Å². The molecule has 0 aromatic heterocycles. The van der Waals surface area contributed by atoms with Gasteiger partial charge in [0.25, 0.3) is 0 Å². The summed E-state index contributed by atoms with van der Waals surface area (Å²) in [5.74, 6) is 0.347. The van der Waals surface area contributed by atoms with Crippen LogP contribution < -0.4 is 5.32 Å². The number of nitrogens with zero attached hydrogens (tertiary/aromatic N) is 1. The normalized spacial score (nSPS) is 16.2. The molecule has 0 bridgehead atoms. The Balaban J connectivity index is 1.81. The first-order valence-corrected chi connectivity index (χ1v) is 7.26. The Hall–Kier alpha value is -1.10. The molecular formula is C15H21ClN2O2. The second-order valence-corrected chi connectivity index (χ2v) is 6.05. The molecule has 1 fully saturated rings. The summed E-state index contributed by atoms with van der Waals surface area (Å²) in [5, 5.41) is 13.4. The van der Waals surface area contributed by atoms with Crippen molar-refractivity contribution in [2.45, 2.75) is 25.9 Å². The lowest BCUT2D eigenvalue weighted by molar-refractivity contribution is -0.117. The van der Waals surface area contributed by atoms with Crippen molar-refractivity contribution in [3.05, 3.63) is 28.8 Å². The molecule has 110 valence electrons. The van der Waals surface area contributed by atoms with Crippen LogP contribution in [-0.2, 0) is 4.79 Å². The SMILES string of the molecule is Cc1cc(Cl)ccc1NC(=O)CN(C)CC(O)C1CC1. The van der Waals surface area contributed by atoms with Crippen molar-refractivity contribution < 1.29 is 9.90 Å². The van der Waals surface area contributed by atoms with E-state index < -0.39 is 0 Å². The first-order valence-electron chi connectivity index (χ1n) is 6.88. The monoisotopic (exact) mass is 296 g/mol. The van der Waals surface area contributed by atoms with Gasteiger partial charge in [0.1, 0.15) is 0 Å². The minimum atomic E-state index is -0.315. The molecule has 2 N–H and O–H groups in total. The number of carbonyl (C=O) groups excluding carboxylic acids is 1. The molecule has 1 unspecified atom stereocenters. The Morgan fingerprint density at radius 1 is 1.55 bits per heavy atom. The highest BCUT2D eigenvalue weighted by molar-refractivity contribution is 6.30. The Morgan fingerprint density at radius 3 is 2.85 bits per heavy atom. The van der Waals surface area contributed by atoms with Gasteiger partial charge in [0, 0.05) is 17.3 Å². The fourth-order valence-electron chi connectivity index (χ4n) is 2.22. The first kappa shape index (κ1) is 15.3. The smallest absolute Gasteiger partial charge is 0.238 e. The van der Waals surface area contributed by atoms with E-state index in [0.717, 1.165) is 24.1 Å². The maximum Gasteiger partial charge on any atom is 0.238 e. The number of aliphatic hydroxyl groups excluding tert-OH is 1. The summed E-state index contributed by atoms with van der Waals surface area (Å²) in [7, 11) is 1.85. The fourth-order valence-corrected chi connectivity index (χ4v) is 2.44. The summed E-state index contributed by atoms with van der Waals surface area (Å²) < 4.78 is 0. The highest BCUT2D eigenvalue weighted by Gasteiger charge is 2.30. The second-order valence-electron chi connectivity index (χ2n) is 5.61. The molecule has 1 aliphatic carbocycles. The van der Waals surface area contributed by atoms with Gasteiger partial charge in [-0.25, -0.2) is 0 Å². The lowest BCUT2D eigenvalue weighted by atomic mass is 10.2. The van der Waals surface area contributed by atoms with E-state index in [9.17, 15) is 9.90 Å². The number of likely N-dealkylation sites (N-methyl/N-ethyl adjacent to an activating group) is 1. The molecule has 1 aliphatic rings. The molecule has 1 amide bonds. The predicted octanol–water partition coefficient (Wildman–Crippen LogP) is 2.29. The number of aliphatic hydroxyl groups is 1. The molecule has 5 heteroatoms. The Labute approximate surface area is 124 Å². The number of hydrogen-bond acceptors (Lipinski definition) is 3. The number of anilines is 1. The molecule has 0 heterocycles. The predicted molar refractivity (Wildman–Crippen MR) is 81.0 cm³/mol. The summed E-state index contributed by atoms with van der Waals surface area (Å²) >= 11 is 5.88. The molecule has 0 spiro atoms. The van der Waals surface area contributed by atoms with Crippen molar-refractivity contribution in [3.63, 3.8) is 0 Å². The number of amides is 1. The van der Waals surface area contributed by atoms with Gasteiger partial charge in [-0.15, -0.1) is 0 Å². The van der Waals surface area contributed by atoms with E-state index in [-0.39, 0.29) is 18.6 Å². The zero-order chi connectivity index (χ0) is 14.7. The molecule has 1 atom stereocenters. The number of aryl methyl sites for hydroxylation is 1. The molecule has 0 radical (unpaired) electrons. The van der Waals surface area contributed by atoms with Gasteiger partial charge in [0.2, 0.25) is 5.91 Å². The van der Waals surface area contributed by atoms with Crippen LogP contribution in [0.25, 0.3) is 0 Å². The zero-order valence-corrected chi connectivity index (χ0v) is 12.7. The van der Waals surface area contributed by atoms with Gasteiger partial charge in [0.15, 0.2) is 0 Å². The highest BCUT2D eigenvalue weighted by Crippen LogP contribution is 2.32. The van der Waals surface area contributed by atoms with E-state index in [1.54, 1.807) is 12.1 Å². The van der Waals surface area contributed by atoms with Crippen LogP contribution in [0.15, 0.2) is 18.2 Å². The van der Waals surface area contributed by atoms with Crippen molar-refractivity contribution >= 4 is 23.2 Å². The van der Waals surface area contributed by atoms with Gasteiger partial charge >= 0.3 is 0 Å². The van der Waals surface area contributed by atoms with Crippen LogP contribution in [-0.4, -0.2) is 42.2 Å². The minimum absolute atomic E-state index is 0.0825. The summed E-state index contributed by atoms with van der Waals surface area (Å²) in [6.45, 7) is 2.71. The fraction of sp³-hybridized carbons (Fsp3) is 0.533. The lowest BCUT2D eigenvalue weighted by Gasteiger charge is -2.20. The molecule has 1 aromatic rings. The molecule has 1 aromatic carbocycles. The molecule has 1 saturated carbocycles.